The minimum absolute atomic E-state index is 0.142. The van der Waals surface area contributed by atoms with Gasteiger partial charge in [-0.1, -0.05) is 13.3 Å². The molecule has 0 bridgehead atoms. The zero-order valence-electron chi connectivity index (χ0n) is 6.88. The number of aliphatic hydroxyl groups is 1. The third kappa shape index (κ3) is 4.79. The molecule has 3 heteroatoms. The molecule has 0 heterocycles. The summed E-state index contributed by atoms with van der Waals surface area (Å²) >= 11 is 0. The molecule has 3 nitrogen and oxygen atoms in total. The Morgan fingerprint density at radius 3 is 2.55 bits per heavy atom. The fraction of sp³-hybridized carbons (Fsp3) is 0.875. The number of hydrogen-bond acceptors (Lipinski definition) is 3. The van der Waals surface area contributed by atoms with E-state index in [0.29, 0.717) is 19.3 Å². The van der Waals surface area contributed by atoms with Gasteiger partial charge in [0.1, 0.15) is 0 Å². The lowest BCUT2D eigenvalue weighted by Gasteiger charge is -2.14. The maximum absolute atomic E-state index is 10.4. The molecule has 11 heavy (non-hydrogen) atoms. The van der Waals surface area contributed by atoms with Crippen molar-refractivity contribution in [2.45, 2.75) is 32.6 Å². The van der Waals surface area contributed by atoms with Gasteiger partial charge in [0.2, 0.25) is 0 Å². The lowest BCUT2D eigenvalue weighted by atomic mass is 10.00. The Labute approximate surface area is 67.0 Å². The number of carboxylic acids is 1. The standard InChI is InChI=1S/C8H16O3/c1-2-7(8(10)11)5-3-4-6-9/h7,9H,2-6H2,1H3,(H,10,11)/p-1. The summed E-state index contributed by atoms with van der Waals surface area (Å²) in [6, 6.07) is 0. The second kappa shape index (κ2) is 6.16. The van der Waals surface area contributed by atoms with Crippen molar-refractivity contribution in [3.8, 4) is 0 Å². The van der Waals surface area contributed by atoms with Crippen LogP contribution in [0.3, 0.4) is 0 Å². The third-order valence-corrected chi connectivity index (χ3v) is 1.79. The van der Waals surface area contributed by atoms with Crippen LogP contribution in [0.2, 0.25) is 0 Å². The quantitative estimate of drug-likeness (QED) is 0.552. The minimum Gasteiger partial charge on any atom is -0.550 e. The maximum atomic E-state index is 10.4. The molecule has 66 valence electrons. The average molecular weight is 159 g/mol. The van der Waals surface area contributed by atoms with Crippen molar-refractivity contribution in [3.63, 3.8) is 0 Å². The van der Waals surface area contributed by atoms with E-state index in [9.17, 15) is 9.90 Å². The van der Waals surface area contributed by atoms with Crippen molar-refractivity contribution in [3.05, 3.63) is 0 Å². The van der Waals surface area contributed by atoms with E-state index in [2.05, 4.69) is 0 Å². The average Bonchev–Trinajstić information content (AvgIpc) is 1.97. The molecule has 0 aromatic heterocycles. The molecule has 0 aliphatic carbocycles. The number of carboxylic acid groups (broad SMARTS) is 1. The van der Waals surface area contributed by atoms with Gasteiger partial charge in [-0.2, -0.15) is 0 Å². The summed E-state index contributed by atoms with van der Waals surface area (Å²) in [5, 5.41) is 18.8. The number of aliphatic hydroxyl groups excluding tert-OH is 1. The molecular weight excluding hydrogens is 144 g/mol. The lowest BCUT2D eigenvalue weighted by molar-refractivity contribution is -0.311. The second-order valence-electron chi connectivity index (χ2n) is 2.64. The van der Waals surface area contributed by atoms with Gasteiger partial charge in [0.25, 0.3) is 0 Å². The Morgan fingerprint density at radius 2 is 2.18 bits per heavy atom. The van der Waals surface area contributed by atoms with Crippen molar-refractivity contribution in [2.24, 2.45) is 5.92 Å². The Bertz CT molecular complexity index is 112. The smallest absolute Gasteiger partial charge is 0.0445 e. The second-order valence-corrected chi connectivity index (χ2v) is 2.64. The third-order valence-electron chi connectivity index (χ3n) is 1.79. The van der Waals surface area contributed by atoms with Crippen LogP contribution in [0.5, 0.6) is 0 Å². The molecule has 0 rings (SSSR count). The number of aliphatic carboxylic acids is 1. The van der Waals surface area contributed by atoms with E-state index < -0.39 is 5.97 Å². The normalized spacial score (nSPS) is 12.9. The minimum atomic E-state index is -0.967. The SMILES string of the molecule is CCC(CCCCO)C(=O)[O-]. The summed E-state index contributed by atoms with van der Waals surface area (Å²) in [5.41, 5.74) is 0. The van der Waals surface area contributed by atoms with Crippen molar-refractivity contribution >= 4 is 5.97 Å². The van der Waals surface area contributed by atoms with Crippen molar-refractivity contribution in [1.82, 2.24) is 0 Å². The van der Waals surface area contributed by atoms with Gasteiger partial charge in [-0.3, -0.25) is 0 Å². The van der Waals surface area contributed by atoms with Gasteiger partial charge in [-0.25, -0.2) is 0 Å². The first-order valence-corrected chi connectivity index (χ1v) is 4.04. The molecule has 0 spiro atoms. The van der Waals surface area contributed by atoms with Crippen molar-refractivity contribution in [2.75, 3.05) is 6.61 Å². The molecule has 0 saturated heterocycles. The van der Waals surface area contributed by atoms with Gasteiger partial charge in [0.05, 0.1) is 0 Å². The Morgan fingerprint density at radius 1 is 1.55 bits per heavy atom. The molecule has 0 fully saturated rings. The topological polar surface area (TPSA) is 60.4 Å². The van der Waals surface area contributed by atoms with Gasteiger partial charge in [0.15, 0.2) is 0 Å². The first-order valence-electron chi connectivity index (χ1n) is 4.04. The first kappa shape index (κ1) is 10.4. The van der Waals surface area contributed by atoms with E-state index in [4.69, 9.17) is 5.11 Å². The van der Waals surface area contributed by atoms with Gasteiger partial charge in [0, 0.05) is 12.6 Å². The van der Waals surface area contributed by atoms with Crippen LogP contribution in [-0.4, -0.2) is 17.7 Å². The molecular formula is C8H15O3-. The summed E-state index contributed by atoms with van der Waals surface area (Å²) in [6.45, 7) is 1.98. The molecule has 0 aromatic rings. The van der Waals surface area contributed by atoms with E-state index in [-0.39, 0.29) is 12.5 Å². The Hall–Kier alpha value is -0.570. The highest BCUT2D eigenvalue weighted by Gasteiger charge is 2.05. The number of rotatable bonds is 6. The molecule has 0 aliphatic rings. The Kier molecular flexibility index (Phi) is 5.84. The summed E-state index contributed by atoms with van der Waals surface area (Å²) in [4.78, 5) is 10.4. The molecule has 1 unspecified atom stereocenters. The first-order chi connectivity index (χ1) is 5.22. The largest absolute Gasteiger partial charge is 0.550 e. The van der Waals surface area contributed by atoms with Crippen LogP contribution in [-0.2, 0) is 4.79 Å². The fourth-order valence-electron chi connectivity index (χ4n) is 0.991. The van der Waals surface area contributed by atoms with Crippen LogP contribution < -0.4 is 5.11 Å². The highest BCUT2D eigenvalue weighted by Crippen LogP contribution is 2.10. The predicted octanol–water partition coefficient (Wildman–Crippen LogP) is -0.0749. The number of hydrogen-bond donors (Lipinski definition) is 1. The van der Waals surface area contributed by atoms with E-state index in [1.807, 2.05) is 6.92 Å². The van der Waals surface area contributed by atoms with Gasteiger partial charge >= 0.3 is 0 Å². The zero-order valence-corrected chi connectivity index (χ0v) is 6.88. The fourth-order valence-corrected chi connectivity index (χ4v) is 0.991. The summed E-state index contributed by atoms with van der Waals surface area (Å²) in [5.74, 6) is -1.30. The van der Waals surface area contributed by atoms with Crippen LogP contribution in [0.1, 0.15) is 32.6 Å². The van der Waals surface area contributed by atoms with E-state index in [0.717, 1.165) is 6.42 Å². The van der Waals surface area contributed by atoms with E-state index >= 15 is 0 Å². The molecule has 0 aliphatic heterocycles. The molecule has 0 saturated carbocycles. The zero-order chi connectivity index (χ0) is 8.69. The molecule has 1 atom stereocenters. The highest BCUT2D eigenvalue weighted by molar-refractivity contribution is 5.67. The Balaban J connectivity index is 3.44. The van der Waals surface area contributed by atoms with Crippen molar-refractivity contribution < 1.29 is 15.0 Å². The van der Waals surface area contributed by atoms with Crippen LogP contribution in [0, 0.1) is 5.92 Å². The summed E-state index contributed by atoms with van der Waals surface area (Å²) in [7, 11) is 0. The van der Waals surface area contributed by atoms with Crippen LogP contribution in [0.15, 0.2) is 0 Å². The number of carbonyl (C=O) groups is 1. The molecule has 1 N–H and O–H groups in total. The van der Waals surface area contributed by atoms with Gasteiger partial charge in [-0.05, 0) is 25.2 Å². The van der Waals surface area contributed by atoms with E-state index in [1.54, 1.807) is 0 Å². The lowest BCUT2D eigenvalue weighted by Crippen LogP contribution is -2.30. The molecule has 0 aromatic carbocycles. The summed E-state index contributed by atoms with van der Waals surface area (Å²) in [6.07, 6.45) is 2.69. The van der Waals surface area contributed by atoms with Crippen LogP contribution >= 0.6 is 0 Å². The summed E-state index contributed by atoms with van der Waals surface area (Å²) < 4.78 is 0. The number of unbranched alkanes of at least 4 members (excludes halogenated alkanes) is 1. The van der Waals surface area contributed by atoms with Crippen LogP contribution in [0.25, 0.3) is 0 Å². The van der Waals surface area contributed by atoms with Crippen LogP contribution in [0.4, 0.5) is 0 Å². The number of carbonyl (C=O) groups excluding carboxylic acids is 1. The molecule has 0 radical (unpaired) electrons. The maximum Gasteiger partial charge on any atom is 0.0445 e. The van der Waals surface area contributed by atoms with Gasteiger partial charge in [-0.15, -0.1) is 0 Å². The highest BCUT2D eigenvalue weighted by atomic mass is 16.4. The van der Waals surface area contributed by atoms with Crippen molar-refractivity contribution in [1.29, 1.82) is 0 Å². The monoisotopic (exact) mass is 159 g/mol. The van der Waals surface area contributed by atoms with Gasteiger partial charge < -0.3 is 15.0 Å². The van der Waals surface area contributed by atoms with E-state index in [1.165, 1.54) is 0 Å². The predicted molar refractivity (Wildman–Crippen MR) is 39.7 cm³/mol. The molecule has 0 amide bonds.